The van der Waals surface area contributed by atoms with Crippen LogP contribution in [0.2, 0.25) is 0 Å². The SMILES string of the molecule is COc1ccc(-c2nc(C)c(C(C)NCC3OCCO3)s2)cc1. The Labute approximate surface area is 140 Å². The lowest BCUT2D eigenvalue weighted by Crippen LogP contribution is -2.29. The molecule has 0 radical (unpaired) electrons. The van der Waals surface area contributed by atoms with E-state index >= 15 is 0 Å². The van der Waals surface area contributed by atoms with Gasteiger partial charge in [0.2, 0.25) is 0 Å². The van der Waals surface area contributed by atoms with Crippen molar-refractivity contribution in [1.82, 2.24) is 10.3 Å². The van der Waals surface area contributed by atoms with Crippen LogP contribution in [0.4, 0.5) is 0 Å². The van der Waals surface area contributed by atoms with Gasteiger partial charge in [-0.1, -0.05) is 0 Å². The van der Waals surface area contributed by atoms with Crippen LogP contribution < -0.4 is 10.1 Å². The predicted molar refractivity (Wildman–Crippen MR) is 90.9 cm³/mol. The van der Waals surface area contributed by atoms with Crippen molar-refractivity contribution in [2.75, 3.05) is 26.9 Å². The van der Waals surface area contributed by atoms with Gasteiger partial charge < -0.3 is 19.5 Å². The van der Waals surface area contributed by atoms with Crippen LogP contribution in [0, 0.1) is 6.92 Å². The molecule has 124 valence electrons. The molecule has 1 unspecified atom stereocenters. The van der Waals surface area contributed by atoms with Crippen molar-refractivity contribution in [3.63, 3.8) is 0 Å². The first kappa shape index (κ1) is 16.4. The summed E-state index contributed by atoms with van der Waals surface area (Å²) in [5, 5.41) is 4.49. The molecule has 2 heterocycles. The summed E-state index contributed by atoms with van der Waals surface area (Å²) in [6.45, 7) is 6.26. The number of nitrogens with one attached hydrogen (secondary N) is 1. The molecule has 0 amide bonds. The van der Waals surface area contributed by atoms with Crippen molar-refractivity contribution in [3.8, 4) is 16.3 Å². The fraction of sp³-hybridized carbons (Fsp3) is 0.471. The van der Waals surface area contributed by atoms with E-state index in [0.29, 0.717) is 19.8 Å². The van der Waals surface area contributed by atoms with Gasteiger partial charge in [-0.3, -0.25) is 0 Å². The van der Waals surface area contributed by atoms with Gasteiger partial charge in [0, 0.05) is 23.0 Å². The Morgan fingerprint density at radius 1 is 1.30 bits per heavy atom. The minimum atomic E-state index is -0.133. The summed E-state index contributed by atoms with van der Waals surface area (Å²) in [5.74, 6) is 0.855. The molecule has 23 heavy (non-hydrogen) atoms. The molecule has 1 N–H and O–H groups in total. The Morgan fingerprint density at radius 3 is 2.65 bits per heavy atom. The van der Waals surface area contributed by atoms with Crippen LogP contribution in [-0.2, 0) is 9.47 Å². The van der Waals surface area contributed by atoms with E-state index in [1.807, 2.05) is 24.3 Å². The molecule has 1 saturated heterocycles. The Balaban J connectivity index is 1.68. The van der Waals surface area contributed by atoms with Gasteiger partial charge in [0.15, 0.2) is 6.29 Å². The second-order valence-corrected chi connectivity index (χ2v) is 6.53. The molecular weight excluding hydrogens is 312 g/mol. The Bertz CT molecular complexity index is 636. The van der Waals surface area contributed by atoms with Gasteiger partial charge in [-0.15, -0.1) is 11.3 Å². The standard InChI is InChI=1S/C17H22N2O3S/c1-11(18-10-15-21-8-9-22-15)16-12(2)19-17(23-16)13-4-6-14(20-3)7-5-13/h4-7,11,15,18H,8-10H2,1-3H3. The summed E-state index contributed by atoms with van der Waals surface area (Å²) in [6, 6.07) is 8.22. The Hall–Kier alpha value is -1.47. The predicted octanol–water partition coefficient (Wildman–Crippen LogP) is 3.15. The first-order valence-electron chi connectivity index (χ1n) is 7.75. The van der Waals surface area contributed by atoms with Gasteiger partial charge in [0.25, 0.3) is 0 Å². The third kappa shape index (κ3) is 3.90. The average molecular weight is 334 g/mol. The quantitative estimate of drug-likeness (QED) is 0.879. The first-order valence-corrected chi connectivity index (χ1v) is 8.57. The Morgan fingerprint density at radius 2 is 2.00 bits per heavy atom. The van der Waals surface area contributed by atoms with Crippen LogP contribution in [0.5, 0.6) is 5.75 Å². The largest absolute Gasteiger partial charge is 0.497 e. The molecular formula is C17H22N2O3S. The summed E-state index contributed by atoms with van der Waals surface area (Å²) in [5.41, 5.74) is 2.17. The lowest BCUT2D eigenvalue weighted by Gasteiger charge is -2.15. The van der Waals surface area contributed by atoms with Gasteiger partial charge in [-0.25, -0.2) is 4.98 Å². The minimum Gasteiger partial charge on any atom is -0.497 e. The van der Waals surface area contributed by atoms with Crippen molar-refractivity contribution in [1.29, 1.82) is 0 Å². The summed E-state index contributed by atoms with van der Waals surface area (Å²) in [7, 11) is 1.67. The number of benzene rings is 1. The maximum Gasteiger partial charge on any atom is 0.170 e. The van der Waals surface area contributed by atoms with Gasteiger partial charge >= 0.3 is 0 Å². The lowest BCUT2D eigenvalue weighted by atomic mass is 10.2. The molecule has 0 aliphatic carbocycles. The van der Waals surface area contributed by atoms with Crippen LogP contribution >= 0.6 is 11.3 Å². The normalized spacial score (nSPS) is 16.7. The lowest BCUT2D eigenvalue weighted by molar-refractivity contribution is -0.0403. The highest BCUT2D eigenvalue weighted by Gasteiger charge is 2.19. The van der Waals surface area contributed by atoms with E-state index in [-0.39, 0.29) is 12.3 Å². The molecule has 5 nitrogen and oxygen atoms in total. The molecule has 1 aliphatic rings. The average Bonchev–Trinajstić information content (AvgIpc) is 3.22. The Kier molecular flexibility index (Phi) is 5.27. The highest BCUT2D eigenvalue weighted by Crippen LogP contribution is 2.32. The molecule has 2 aromatic rings. The first-order chi connectivity index (χ1) is 11.2. The molecule has 6 heteroatoms. The third-order valence-corrected chi connectivity index (χ3v) is 5.23. The van der Waals surface area contributed by atoms with Crippen LogP contribution in [0.15, 0.2) is 24.3 Å². The van der Waals surface area contributed by atoms with Gasteiger partial charge in [0.1, 0.15) is 10.8 Å². The fourth-order valence-corrected chi connectivity index (χ4v) is 3.66. The number of thiazole rings is 1. The van der Waals surface area contributed by atoms with E-state index < -0.39 is 0 Å². The zero-order chi connectivity index (χ0) is 16.2. The maximum absolute atomic E-state index is 5.46. The maximum atomic E-state index is 5.46. The zero-order valence-electron chi connectivity index (χ0n) is 13.7. The monoisotopic (exact) mass is 334 g/mol. The summed E-state index contributed by atoms with van der Waals surface area (Å²) in [4.78, 5) is 5.96. The van der Waals surface area contributed by atoms with E-state index in [9.17, 15) is 0 Å². The van der Waals surface area contributed by atoms with E-state index in [4.69, 9.17) is 19.2 Å². The second-order valence-electron chi connectivity index (χ2n) is 5.50. The topological polar surface area (TPSA) is 52.6 Å². The highest BCUT2D eigenvalue weighted by molar-refractivity contribution is 7.15. The van der Waals surface area contributed by atoms with E-state index in [1.54, 1.807) is 18.4 Å². The van der Waals surface area contributed by atoms with Gasteiger partial charge in [-0.05, 0) is 38.1 Å². The van der Waals surface area contributed by atoms with Crippen molar-refractivity contribution in [2.24, 2.45) is 0 Å². The number of rotatable bonds is 6. The highest BCUT2D eigenvalue weighted by atomic mass is 32.1. The smallest absolute Gasteiger partial charge is 0.170 e. The molecule has 3 rings (SSSR count). The number of aryl methyl sites for hydroxylation is 1. The molecule has 1 fully saturated rings. The van der Waals surface area contributed by atoms with Crippen LogP contribution in [0.3, 0.4) is 0 Å². The number of nitrogens with zero attached hydrogens (tertiary/aromatic N) is 1. The zero-order valence-corrected chi connectivity index (χ0v) is 14.5. The van der Waals surface area contributed by atoms with Crippen molar-refractivity contribution >= 4 is 11.3 Å². The second kappa shape index (κ2) is 7.40. The van der Waals surface area contributed by atoms with Crippen molar-refractivity contribution in [2.45, 2.75) is 26.2 Å². The summed E-state index contributed by atoms with van der Waals surface area (Å²) in [6.07, 6.45) is -0.133. The number of hydrogen-bond acceptors (Lipinski definition) is 6. The number of aromatic nitrogens is 1. The van der Waals surface area contributed by atoms with Gasteiger partial charge in [-0.2, -0.15) is 0 Å². The number of methoxy groups -OCH3 is 1. The molecule has 0 saturated carbocycles. The van der Waals surface area contributed by atoms with E-state index in [1.165, 1.54) is 4.88 Å². The molecule has 0 spiro atoms. The fourth-order valence-electron chi connectivity index (χ4n) is 2.56. The van der Waals surface area contributed by atoms with Crippen molar-refractivity contribution in [3.05, 3.63) is 34.8 Å². The third-order valence-electron chi connectivity index (χ3n) is 3.84. The van der Waals surface area contributed by atoms with Crippen LogP contribution in [-0.4, -0.2) is 38.1 Å². The van der Waals surface area contributed by atoms with Crippen molar-refractivity contribution < 1.29 is 14.2 Å². The van der Waals surface area contributed by atoms with Crippen LogP contribution in [0.25, 0.3) is 10.6 Å². The molecule has 0 bridgehead atoms. The number of ether oxygens (including phenoxy) is 3. The number of hydrogen-bond donors (Lipinski definition) is 1. The molecule has 1 aromatic heterocycles. The molecule has 1 aliphatic heterocycles. The van der Waals surface area contributed by atoms with E-state index in [0.717, 1.165) is 22.0 Å². The van der Waals surface area contributed by atoms with E-state index in [2.05, 4.69) is 19.2 Å². The summed E-state index contributed by atoms with van der Waals surface area (Å²) >= 11 is 1.72. The minimum absolute atomic E-state index is 0.133. The van der Waals surface area contributed by atoms with Gasteiger partial charge in [0.05, 0.1) is 26.0 Å². The molecule has 1 aromatic carbocycles. The van der Waals surface area contributed by atoms with Crippen LogP contribution in [0.1, 0.15) is 23.5 Å². The summed E-state index contributed by atoms with van der Waals surface area (Å²) < 4.78 is 16.1. The molecule has 1 atom stereocenters.